The molecule has 0 heterocycles. The maximum absolute atomic E-state index is 12.2. The molecule has 4 heteroatoms. The van der Waals surface area contributed by atoms with Crippen LogP contribution in [0.3, 0.4) is 0 Å². The van der Waals surface area contributed by atoms with Gasteiger partial charge in [0, 0.05) is 6.42 Å². The van der Waals surface area contributed by atoms with Crippen LogP contribution < -0.4 is 11.1 Å². The zero-order valence-electron chi connectivity index (χ0n) is 12.4. The fraction of sp³-hybridized carbons (Fsp3) is 0.278. The summed E-state index contributed by atoms with van der Waals surface area (Å²) in [6.45, 7) is 0. The standard InChI is InChI=1S/C18H20N2O.ClH/c19-16-7-3-4-8-17(16)20-18(21)12-13-9-10-14-5-1-2-6-15(14)11-13;/h1-8,13H,9-12,19H2,(H,20,21);1H. The highest BCUT2D eigenvalue weighted by Crippen LogP contribution is 2.28. The molecule has 0 saturated carbocycles. The van der Waals surface area contributed by atoms with Gasteiger partial charge in [0.05, 0.1) is 11.4 Å². The van der Waals surface area contributed by atoms with Crippen molar-refractivity contribution in [2.75, 3.05) is 11.1 Å². The van der Waals surface area contributed by atoms with Crippen LogP contribution in [-0.2, 0) is 17.6 Å². The van der Waals surface area contributed by atoms with Gasteiger partial charge < -0.3 is 11.1 Å². The zero-order valence-corrected chi connectivity index (χ0v) is 13.2. The number of carbonyl (C=O) groups is 1. The molecule has 0 fully saturated rings. The number of para-hydroxylation sites is 2. The Balaban J connectivity index is 0.00000176. The number of anilines is 2. The SMILES string of the molecule is Cl.Nc1ccccc1NC(=O)CC1CCc2ccccc2C1. The van der Waals surface area contributed by atoms with Gasteiger partial charge in [0.15, 0.2) is 0 Å². The number of nitrogens with two attached hydrogens (primary N) is 1. The molecule has 0 aromatic heterocycles. The van der Waals surface area contributed by atoms with Crippen molar-refractivity contribution in [1.82, 2.24) is 0 Å². The molecule has 3 rings (SSSR count). The molecule has 2 aromatic carbocycles. The van der Waals surface area contributed by atoms with Gasteiger partial charge in [-0.25, -0.2) is 0 Å². The Labute approximate surface area is 137 Å². The summed E-state index contributed by atoms with van der Waals surface area (Å²) in [5, 5.41) is 2.92. The third-order valence-corrected chi connectivity index (χ3v) is 4.16. The normalized spacial score (nSPS) is 16.3. The molecule has 0 radical (unpaired) electrons. The van der Waals surface area contributed by atoms with Gasteiger partial charge in [-0.15, -0.1) is 12.4 Å². The number of aryl methyl sites for hydroxylation is 1. The molecular weight excluding hydrogens is 296 g/mol. The Morgan fingerprint density at radius 2 is 1.77 bits per heavy atom. The predicted octanol–water partition coefficient (Wildman–Crippen LogP) is 3.82. The minimum atomic E-state index is 0. The first-order valence-electron chi connectivity index (χ1n) is 7.43. The van der Waals surface area contributed by atoms with Crippen LogP contribution in [0.15, 0.2) is 48.5 Å². The summed E-state index contributed by atoms with van der Waals surface area (Å²) in [6, 6.07) is 15.9. The van der Waals surface area contributed by atoms with Crippen molar-refractivity contribution in [3.8, 4) is 0 Å². The van der Waals surface area contributed by atoms with Crippen LogP contribution in [0.25, 0.3) is 0 Å². The van der Waals surface area contributed by atoms with E-state index in [1.54, 1.807) is 6.07 Å². The average Bonchev–Trinajstić information content (AvgIpc) is 2.49. The smallest absolute Gasteiger partial charge is 0.224 e. The summed E-state index contributed by atoms with van der Waals surface area (Å²) in [4.78, 5) is 12.2. The van der Waals surface area contributed by atoms with E-state index < -0.39 is 0 Å². The molecule has 1 aliphatic carbocycles. The van der Waals surface area contributed by atoms with Crippen LogP contribution in [0.1, 0.15) is 24.0 Å². The zero-order chi connectivity index (χ0) is 14.7. The van der Waals surface area contributed by atoms with Crippen LogP contribution in [0, 0.1) is 5.92 Å². The molecule has 0 bridgehead atoms. The van der Waals surface area contributed by atoms with E-state index in [-0.39, 0.29) is 18.3 Å². The molecule has 3 N–H and O–H groups in total. The lowest BCUT2D eigenvalue weighted by molar-refractivity contribution is -0.117. The van der Waals surface area contributed by atoms with Crippen molar-refractivity contribution in [3.05, 3.63) is 59.7 Å². The summed E-state index contributed by atoms with van der Waals surface area (Å²) in [5.41, 5.74) is 9.99. The van der Waals surface area contributed by atoms with Gasteiger partial charge >= 0.3 is 0 Å². The minimum absolute atomic E-state index is 0. The molecule has 0 saturated heterocycles. The number of rotatable bonds is 3. The molecular formula is C18H21ClN2O. The summed E-state index contributed by atoms with van der Waals surface area (Å²) >= 11 is 0. The number of carbonyl (C=O) groups excluding carboxylic acids is 1. The number of nitrogens with one attached hydrogen (secondary N) is 1. The third kappa shape index (κ3) is 3.80. The molecule has 1 amide bonds. The van der Waals surface area contributed by atoms with Crippen molar-refractivity contribution in [2.45, 2.75) is 25.7 Å². The Hall–Kier alpha value is -2.00. The summed E-state index contributed by atoms with van der Waals surface area (Å²) in [5.74, 6) is 0.474. The number of halogens is 1. The number of fused-ring (bicyclic) bond motifs is 1. The van der Waals surface area contributed by atoms with E-state index in [0.717, 1.165) is 19.3 Å². The van der Waals surface area contributed by atoms with Crippen molar-refractivity contribution < 1.29 is 4.79 Å². The van der Waals surface area contributed by atoms with Gasteiger partial charge in [0.1, 0.15) is 0 Å². The fourth-order valence-electron chi connectivity index (χ4n) is 3.02. The predicted molar refractivity (Wildman–Crippen MR) is 93.3 cm³/mol. The lowest BCUT2D eigenvalue weighted by atomic mass is 9.82. The van der Waals surface area contributed by atoms with E-state index in [4.69, 9.17) is 5.73 Å². The van der Waals surface area contributed by atoms with E-state index in [1.807, 2.05) is 18.2 Å². The van der Waals surface area contributed by atoms with Crippen LogP contribution in [0.2, 0.25) is 0 Å². The first-order valence-corrected chi connectivity index (χ1v) is 7.43. The number of benzene rings is 2. The van der Waals surface area contributed by atoms with E-state index >= 15 is 0 Å². The van der Waals surface area contributed by atoms with Gasteiger partial charge in [-0.05, 0) is 48.4 Å². The van der Waals surface area contributed by atoms with Crippen LogP contribution >= 0.6 is 12.4 Å². The van der Waals surface area contributed by atoms with Crippen molar-refractivity contribution in [2.24, 2.45) is 5.92 Å². The minimum Gasteiger partial charge on any atom is -0.397 e. The Bertz CT molecular complexity index is 657. The highest BCUT2D eigenvalue weighted by Gasteiger charge is 2.20. The second-order valence-corrected chi connectivity index (χ2v) is 5.72. The Morgan fingerprint density at radius 1 is 1.09 bits per heavy atom. The summed E-state index contributed by atoms with van der Waals surface area (Å²) in [6.07, 6.45) is 3.70. The Morgan fingerprint density at radius 3 is 2.55 bits per heavy atom. The summed E-state index contributed by atoms with van der Waals surface area (Å²) in [7, 11) is 0. The van der Waals surface area contributed by atoms with Crippen molar-refractivity contribution >= 4 is 29.7 Å². The van der Waals surface area contributed by atoms with Crippen LogP contribution in [0.4, 0.5) is 11.4 Å². The number of hydrogen-bond acceptors (Lipinski definition) is 2. The van der Waals surface area contributed by atoms with E-state index in [1.165, 1.54) is 11.1 Å². The van der Waals surface area contributed by atoms with E-state index in [9.17, 15) is 4.79 Å². The summed E-state index contributed by atoms with van der Waals surface area (Å²) < 4.78 is 0. The molecule has 2 aromatic rings. The lowest BCUT2D eigenvalue weighted by Crippen LogP contribution is -2.22. The van der Waals surface area contributed by atoms with E-state index in [0.29, 0.717) is 23.7 Å². The maximum Gasteiger partial charge on any atom is 0.224 e. The van der Waals surface area contributed by atoms with Gasteiger partial charge in [0.25, 0.3) is 0 Å². The van der Waals surface area contributed by atoms with Gasteiger partial charge in [-0.1, -0.05) is 36.4 Å². The molecule has 0 aliphatic heterocycles. The van der Waals surface area contributed by atoms with Crippen LogP contribution in [-0.4, -0.2) is 5.91 Å². The largest absolute Gasteiger partial charge is 0.397 e. The molecule has 116 valence electrons. The van der Waals surface area contributed by atoms with E-state index in [2.05, 4.69) is 29.6 Å². The topological polar surface area (TPSA) is 55.1 Å². The monoisotopic (exact) mass is 316 g/mol. The number of amides is 1. The second-order valence-electron chi connectivity index (χ2n) is 5.72. The second kappa shape index (κ2) is 7.32. The molecule has 3 nitrogen and oxygen atoms in total. The number of hydrogen-bond donors (Lipinski definition) is 2. The highest BCUT2D eigenvalue weighted by atomic mass is 35.5. The molecule has 1 aliphatic rings. The molecule has 1 unspecified atom stereocenters. The fourth-order valence-corrected chi connectivity index (χ4v) is 3.02. The average molecular weight is 317 g/mol. The third-order valence-electron chi connectivity index (χ3n) is 4.16. The Kier molecular flexibility index (Phi) is 5.45. The van der Waals surface area contributed by atoms with Gasteiger partial charge in [-0.2, -0.15) is 0 Å². The van der Waals surface area contributed by atoms with Crippen molar-refractivity contribution in [3.63, 3.8) is 0 Å². The number of nitrogen functional groups attached to an aromatic ring is 1. The molecule has 1 atom stereocenters. The molecule has 0 spiro atoms. The highest BCUT2D eigenvalue weighted by molar-refractivity contribution is 5.93. The van der Waals surface area contributed by atoms with Gasteiger partial charge in [0.2, 0.25) is 5.91 Å². The van der Waals surface area contributed by atoms with Crippen molar-refractivity contribution in [1.29, 1.82) is 0 Å². The quantitative estimate of drug-likeness (QED) is 0.846. The maximum atomic E-state index is 12.2. The van der Waals surface area contributed by atoms with Crippen LogP contribution in [0.5, 0.6) is 0 Å². The van der Waals surface area contributed by atoms with Gasteiger partial charge in [-0.3, -0.25) is 4.79 Å². The lowest BCUT2D eigenvalue weighted by Gasteiger charge is -2.24. The molecule has 22 heavy (non-hydrogen) atoms. The first-order chi connectivity index (χ1) is 10.2. The first kappa shape index (κ1) is 16.4.